The summed E-state index contributed by atoms with van der Waals surface area (Å²) in [5.74, 6) is 0.142. The molecule has 1 saturated carbocycles. The highest BCUT2D eigenvalue weighted by molar-refractivity contribution is 9.11. The maximum absolute atomic E-state index is 12.4. The summed E-state index contributed by atoms with van der Waals surface area (Å²) in [6.07, 6.45) is 3.01. The highest BCUT2D eigenvalue weighted by atomic mass is 79.9. The third kappa shape index (κ3) is 2.19. The first kappa shape index (κ1) is 13.1. The molecule has 1 aliphatic heterocycles. The van der Waals surface area contributed by atoms with E-state index >= 15 is 0 Å². The molecular formula is C14H14BrNO2S. The number of hydrogen-bond donors (Lipinski definition) is 0. The van der Waals surface area contributed by atoms with E-state index in [0.29, 0.717) is 13.0 Å². The van der Waals surface area contributed by atoms with Crippen LogP contribution in [0.3, 0.4) is 0 Å². The Morgan fingerprint density at radius 3 is 2.95 bits per heavy atom. The van der Waals surface area contributed by atoms with Crippen LogP contribution >= 0.6 is 27.3 Å². The van der Waals surface area contributed by atoms with E-state index < -0.39 is 0 Å². The van der Waals surface area contributed by atoms with Crippen LogP contribution in [-0.4, -0.2) is 22.6 Å². The molecule has 0 spiro atoms. The summed E-state index contributed by atoms with van der Waals surface area (Å²) in [5, 5.41) is 1.88. The Hall–Kier alpha value is -0.940. The average Bonchev–Trinajstić information content (AvgIpc) is 2.81. The first-order valence-corrected chi connectivity index (χ1v) is 8.01. The third-order valence-electron chi connectivity index (χ3n) is 3.84. The smallest absolute Gasteiger partial charge is 0.256 e. The molecule has 3 nitrogen and oxygen atoms in total. The van der Waals surface area contributed by atoms with Gasteiger partial charge in [-0.1, -0.05) is 12.2 Å². The van der Waals surface area contributed by atoms with E-state index in [4.69, 9.17) is 0 Å². The minimum atomic E-state index is -0.268. The molecule has 2 aliphatic rings. The van der Waals surface area contributed by atoms with Crippen molar-refractivity contribution in [3.8, 4) is 0 Å². The van der Waals surface area contributed by atoms with E-state index in [2.05, 4.69) is 22.5 Å². The first-order chi connectivity index (χ1) is 9.08. The second-order valence-corrected chi connectivity index (χ2v) is 7.33. The van der Waals surface area contributed by atoms with Crippen LogP contribution < -0.4 is 0 Å². The minimum absolute atomic E-state index is 0.00260. The van der Waals surface area contributed by atoms with Crippen LogP contribution in [0, 0.1) is 0 Å². The van der Waals surface area contributed by atoms with Crippen molar-refractivity contribution in [2.75, 3.05) is 0 Å². The van der Waals surface area contributed by atoms with Gasteiger partial charge in [-0.3, -0.25) is 9.59 Å². The van der Waals surface area contributed by atoms with E-state index in [0.717, 1.165) is 39.7 Å². The normalized spacial score (nSPS) is 23.7. The van der Waals surface area contributed by atoms with Gasteiger partial charge in [0.1, 0.15) is 0 Å². The van der Waals surface area contributed by atoms with E-state index in [1.54, 1.807) is 4.90 Å². The van der Waals surface area contributed by atoms with Gasteiger partial charge in [0.25, 0.3) is 5.91 Å². The zero-order valence-electron chi connectivity index (χ0n) is 10.4. The van der Waals surface area contributed by atoms with Crippen LogP contribution in [0.2, 0.25) is 0 Å². The Morgan fingerprint density at radius 2 is 2.21 bits per heavy atom. The summed E-state index contributed by atoms with van der Waals surface area (Å²) in [4.78, 5) is 26.4. The Bertz CT molecular complexity index is 578. The zero-order chi connectivity index (χ0) is 13.6. The zero-order valence-corrected chi connectivity index (χ0v) is 12.8. The second kappa shape index (κ2) is 4.87. The number of ketones is 1. The number of Topliss-reactive ketones (excluding diaryl/α,β-unsaturated/α-hetero) is 1. The lowest BCUT2D eigenvalue weighted by Crippen LogP contribution is -2.40. The van der Waals surface area contributed by atoms with Gasteiger partial charge in [-0.25, -0.2) is 0 Å². The van der Waals surface area contributed by atoms with Crippen molar-refractivity contribution >= 4 is 39.0 Å². The largest absolute Gasteiger partial charge is 0.324 e. The van der Waals surface area contributed by atoms with Crippen LogP contribution in [-0.2, 0) is 11.3 Å². The molecule has 1 unspecified atom stereocenters. The van der Waals surface area contributed by atoms with Crippen molar-refractivity contribution < 1.29 is 9.59 Å². The van der Waals surface area contributed by atoms with Gasteiger partial charge in [-0.15, -0.1) is 11.3 Å². The molecule has 5 heteroatoms. The summed E-state index contributed by atoms with van der Waals surface area (Å²) in [7, 11) is 0. The molecule has 1 atom stereocenters. The maximum Gasteiger partial charge on any atom is 0.256 e. The van der Waals surface area contributed by atoms with Crippen molar-refractivity contribution in [1.29, 1.82) is 0 Å². The minimum Gasteiger partial charge on any atom is -0.324 e. The predicted molar refractivity (Wildman–Crippen MR) is 78.3 cm³/mol. The number of halogens is 1. The third-order valence-corrected chi connectivity index (χ3v) is 5.69. The van der Waals surface area contributed by atoms with Gasteiger partial charge in [-0.05, 0) is 35.2 Å². The van der Waals surface area contributed by atoms with E-state index in [-0.39, 0.29) is 17.7 Å². The number of rotatable bonds is 1. The Labute approximate surface area is 124 Å². The van der Waals surface area contributed by atoms with Crippen LogP contribution in [0.4, 0.5) is 0 Å². The lowest BCUT2D eigenvalue weighted by atomic mass is 10.1. The molecule has 0 bridgehead atoms. The molecular weight excluding hydrogens is 326 g/mol. The van der Waals surface area contributed by atoms with Crippen molar-refractivity contribution in [2.45, 2.75) is 38.3 Å². The molecule has 0 aromatic carbocycles. The van der Waals surface area contributed by atoms with Gasteiger partial charge in [0.2, 0.25) is 0 Å². The standard InChI is InChI=1S/C14H14BrNO2S/c1-8-3-2-4-11(12(17)5-8)16-6-9-10(14(16)18)7-19-13(9)15/h7,11H,1-6H2. The lowest BCUT2D eigenvalue weighted by molar-refractivity contribution is -0.122. The quantitative estimate of drug-likeness (QED) is 0.579. The number of allylic oxidation sites excluding steroid dienone is 1. The summed E-state index contributed by atoms with van der Waals surface area (Å²) in [6, 6.07) is -0.268. The molecule has 19 heavy (non-hydrogen) atoms. The molecule has 100 valence electrons. The number of carbonyl (C=O) groups excluding carboxylic acids is 2. The van der Waals surface area contributed by atoms with Crippen LogP contribution in [0.5, 0.6) is 0 Å². The molecule has 1 aromatic rings. The van der Waals surface area contributed by atoms with Gasteiger partial charge < -0.3 is 4.90 Å². The predicted octanol–water partition coefficient (Wildman–Crippen LogP) is 3.53. The Balaban J connectivity index is 1.86. The molecule has 1 aliphatic carbocycles. The molecule has 0 N–H and O–H groups in total. The fourth-order valence-electron chi connectivity index (χ4n) is 2.82. The van der Waals surface area contributed by atoms with E-state index in [1.807, 2.05) is 5.38 Å². The van der Waals surface area contributed by atoms with Crippen molar-refractivity contribution in [3.05, 3.63) is 32.4 Å². The number of fused-ring (bicyclic) bond motifs is 1. The first-order valence-electron chi connectivity index (χ1n) is 6.34. The highest BCUT2D eigenvalue weighted by Gasteiger charge is 2.38. The molecule has 1 aromatic heterocycles. The monoisotopic (exact) mass is 339 g/mol. The molecule has 0 radical (unpaired) electrons. The molecule has 3 rings (SSSR count). The van der Waals surface area contributed by atoms with Crippen LogP contribution in [0.25, 0.3) is 0 Å². The molecule has 2 heterocycles. The summed E-state index contributed by atoms with van der Waals surface area (Å²) >= 11 is 5.01. The molecule has 0 saturated heterocycles. The number of carbonyl (C=O) groups is 2. The van der Waals surface area contributed by atoms with Crippen LogP contribution in [0.1, 0.15) is 41.6 Å². The number of amides is 1. The van der Waals surface area contributed by atoms with Gasteiger partial charge in [0.15, 0.2) is 5.78 Å². The SMILES string of the molecule is C=C1CCCC(N2Cc3c(csc3Br)C2=O)C(=O)C1. The van der Waals surface area contributed by atoms with Gasteiger partial charge in [0, 0.05) is 23.9 Å². The fourth-order valence-corrected chi connectivity index (χ4v) is 4.22. The van der Waals surface area contributed by atoms with E-state index in [9.17, 15) is 9.59 Å². The topological polar surface area (TPSA) is 37.4 Å². The Morgan fingerprint density at radius 1 is 1.42 bits per heavy atom. The number of hydrogen-bond acceptors (Lipinski definition) is 3. The summed E-state index contributed by atoms with van der Waals surface area (Å²) < 4.78 is 1.00. The fraction of sp³-hybridized carbons (Fsp3) is 0.429. The Kier molecular flexibility index (Phi) is 3.35. The van der Waals surface area contributed by atoms with Crippen molar-refractivity contribution in [2.24, 2.45) is 0 Å². The maximum atomic E-state index is 12.4. The van der Waals surface area contributed by atoms with Gasteiger partial charge >= 0.3 is 0 Å². The molecule has 1 amide bonds. The highest BCUT2D eigenvalue weighted by Crippen LogP contribution is 2.37. The summed E-state index contributed by atoms with van der Waals surface area (Å²) in [5.41, 5.74) is 2.79. The molecule has 1 fully saturated rings. The summed E-state index contributed by atoms with van der Waals surface area (Å²) in [6.45, 7) is 4.47. The van der Waals surface area contributed by atoms with Crippen molar-refractivity contribution in [1.82, 2.24) is 4.90 Å². The number of nitrogens with zero attached hydrogens (tertiary/aromatic N) is 1. The average molecular weight is 340 g/mol. The van der Waals surface area contributed by atoms with E-state index in [1.165, 1.54) is 11.3 Å². The van der Waals surface area contributed by atoms with Gasteiger partial charge in [0.05, 0.1) is 15.4 Å². The van der Waals surface area contributed by atoms with Gasteiger partial charge in [-0.2, -0.15) is 0 Å². The lowest BCUT2D eigenvalue weighted by Gasteiger charge is -2.25. The number of thiophene rings is 1. The second-order valence-electron chi connectivity index (χ2n) is 5.14. The van der Waals surface area contributed by atoms with Crippen molar-refractivity contribution in [3.63, 3.8) is 0 Å². The van der Waals surface area contributed by atoms with Crippen LogP contribution in [0.15, 0.2) is 21.3 Å².